The molecule has 0 radical (unpaired) electrons. The van der Waals surface area contributed by atoms with Crippen molar-refractivity contribution in [1.29, 1.82) is 0 Å². The van der Waals surface area contributed by atoms with E-state index in [0.29, 0.717) is 23.7 Å². The third-order valence-corrected chi connectivity index (χ3v) is 5.19. The Morgan fingerprint density at radius 3 is 3.00 bits per heavy atom. The van der Waals surface area contributed by atoms with E-state index in [0.717, 1.165) is 45.3 Å². The molecular formula is C18H30N4O. The lowest BCUT2D eigenvalue weighted by molar-refractivity contribution is 0.0719. The van der Waals surface area contributed by atoms with Crippen molar-refractivity contribution in [3.8, 4) is 0 Å². The summed E-state index contributed by atoms with van der Waals surface area (Å²) in [5, 5.41) is 8.00. The van der Waals surface area contributed by atoms with Gasteiger partial charge in [-0.3, -0.25) is 9.48 Å². The first kappa shape index (κ1) is 16.5. The Balaban J connectivity index is 1.64. The first-order valence-corrected chi connectivity index (χ1v) is 9.22. The lowest BCUT2D eigenvalue weighted by Crippen LogP contribution is -2.36. The maximum atomic E-state index is 12.8. The third kappa shape index (κ3) is 3.94. The van der Waals surface area contributed by atoms with Crippen LogP contribution in [0.25, 0.3) is 0 Å². The van der Waals surface area contributed by atoms with Crippen molar-refractivity contribution >= 4 is 5.91 Å². The van der Waals surface area contributed by atoms with E-state index < -0.39 is 0 Å². The summed E-state index contributed by atoms with van der Waals surface area (Å²) in [5.41, 5.74) is 0.618. The summed E-state index contributed by atoms with van der Waals surface area (Å²) in [6, 6.07) is 2.70. The van der Waals surface area contributed by atoms with Gasteiger partial charge >= 0.3 is 0 Å². The van der Waals surface area contributed by atoms with Crippen molar-refractivity contribution in [2.45, 2.75) is 64.5 Å². The van der Waals surface area contributed by atoms with Gasteiger partial charge in [0.05, 0.1) is 6.04 Å². The highest BCUT2D eigenvalue weighted by Crippen LogP contribution is 2.25. The number of piperidine rings is 1. The minimum Gasteiger partial charge on any atom is -0.334 e. The first-order valence-electron chi connectivity index (χ1n) is 9.22. The summed E-state index contributed by atoms with van der Waals surface area (Å²) in [5.74, 6) is 0.823. The summed E-state index contributed by atoms with van der Waals surface area (Å²) < 4.78 is 1.98. The Labute approximate surface area is 139 Å². The van der Waals surface area contributed by atoms with Gasteiger partial charge in [0.15, 0.2) is 0 Å². The van der Waals surface area contributed by atoms with E-state index in [1.807, 2.05) is 16.9 Å². The van der Waals surface area contributed by atoms with E-state index in [1.165, 1.54) is 12.8 Å². The molecule has 1 amide bonds. The molecule has 2 aliphatic rings. The van der Waals surface area contributed by atoms with Gasteiger partial charge in [0, 0.05) is 25.3 Å². The largest absolute Gasteiger partial charge is 0.334 e. The number of likely N-dealkylation sites (tertiary alicyclic amines) is 1. The molecule has 1 aromatic rings. The monoisotopic (exact) mass is 318 g/mol. The van der Waals surface area contributed by atoms with Crippen molar-refractivity contribution < 1.29 is 4.79 Å². The van der Waals surface area contributed by atoms with Crippen LogP contribution < -0.4 is 5.32 Å². The second-order valence-corrected chi connectivity index (χ2v) is 7.45. The molecule has 128 valence electrons. The predicted molar refractivity (Wildman–Crippen MR) is 91.5 cm³/mol. The Bertz CT molecular complexity index is 519. The Morgan fingerprint density at radius 2 is 2.26 bits per heavy atom. The maximum Gasteiger partial charge on any atom is 0.274 e. The third-order valence-electron chi connectivity index (χ3n) is 5.19. The molecular weight excluding hydrogens is 288 g/mol. The molecule has 2 aliphatic heterocycles. The van der Waals surface area contributed by atoms with Crippen LogP contribution in [-0.2, 0) is 0 Å². The van der Waals surface area contributed by atoms with E-state index in [1.54, 1.807) is 0 Å². The quantitative estimate of drug-likeness (QED) is 0.908. The molecule has 0 aromatic carbocycles. The molecule has 1 N–H and O–H groups in total. The minimum absolute atomic E-state index is 0.124. The lowest BCUT2D eigenvalue weighted by atomic mass is 10.0. The smallest absolute Gasteiger partial charge is 0.274 e. The van der Waals surface area contributed by atoms with Gasteiger partial charge in [0.2, 0.25) is 0 Å². The summed E-state index contributed by atoms with van der Waals surface area (Å²) in [4.78, 5) is 14.9. The summed E-state index contributed by atoms with van der Waals surface area (Å²) in [6.45, 7) is 7.44. The van der Waals surface area contributed by atoms with Crippen LogP contribution in [0.1, 0.15) is 68.9 Å². The van der Waals surface area contributed by atoms with Crippen molar-refractivity contribution in [3.63, 3.8) is 0 Å². The summed E-state index contributed by atoms with van der Waals surface area (Å²) >= 11 is 0. The van der Waals surface area contributed by atoms with Gasteiger partial charge in [-0.2, -0.15) is 5.10 Å². The fourth-order valence-electron chi connectivity index (χ4n) is 3.79. The van der Waals surface area contributed by atoms with Gasteiger partial charge < -0.3 is 10.2 Å². The van der Waals surface area contributed by atoms with Crippen molar-refractivity contribution in [2.24, 2.45) is 5.92 Å². The minimum atomic E-state index is 0.124. The molecule has 3 rings (SSSR count). The highest BCUT2D eigenvalue weighted by molar-refractivity contribution is 5.92. The molecule has 2 unspecified atom stereocenters. The van der Waals surface area contributed by atoms with Crippen LogP contribution in [0.5, 0.6) is 0 Å². The molecule has 2 atom stereocenters. The van der Waals surface area contributed by atoms with Gasteiger partial charge in [0.25, 0.3) is 5.91 Å². The fraction of sp³-hybridized carbons (Fsp3) is 0.778. The normalized spacial score (nSPS) is 25.3. The van der Waals surface area contributed by atoms with Crippen LogP contribution in [0.4, 0.5) is 0 Å². The number of carbonyl (C=O) groups excluding carboxylic acids is 1. The number of nitrogens with one attached hydrogen (secondary N) is 1. The zero-order chi connectivity index (χ0) is 16.2. The fourth-order valence-corrected chi connectivity index (χ4v) is 3.79. The van der Waals surface area contributed by atoms with Gasteiger partial charge in [-0.15, -0.1) is 0 Å². The number of hydrogen-bond donors (Lipinski definition) is 1. The highest BCUT2D eigenvalue weighted by atomic mass is 16.2. The van der Waals surface area contributed by atoms with E-state index in [2.05, 4.69) is 29.2 Å². The van der Waals surface area contributed by atoms with Crippen LogP contribution in [0, 0.1) is 5.92 Å². The molecule has 3 heterocycles. The number of nitrogens with zero attached hydrogens (tertiary/aromatic N) is 3. The lowest BCUT2D eigenvalue weighted by Gasteiger charge is -2.25. The van der Waals surface area contributed by atoms with Gasteiger partial charge in [-0.1, -0.05) is 13.8 Å². The molecule has 0 bridgehead atoms. The highest BCUT2D eigenvalue weighted by Gasteiger charge is 2.30. The van der Waals surface area contributed by atoms with Crippen molar-refractivity contribution in [2.75, 3.05) is 19.6 Å². The maximum absolute atomic E-state index is 12.8. The van der Waals surface area contributed by atoms with Crippen LogP contribution in [0.2, 0.25) is 0 Å². The standard InChI is InChI=1S/C18H30N4O/c1-14(2)7-8-15-6-4-11-21(15)18(23)17-9-12-22(20-17)16-5-3-10-19-13-16/h9,12,14-16,19H,3-8,10-11,13H2,1-2H3. The SMILES string of the molecule is CC(C)CCC1CCCN1C(=O)c1ccn(C2CCCNC2)n1. The average molecular weight is 318 g/mol. The van der Waals surface area contributed by atoms with Gasteiger partial charge in [-0.25, -0.2) is 0 Å². The zero-order valence-electron chi connectivity index (χ0n) is 14.5. The summed E-state index contributed by atoms with van der Waals surface area (Å²) in [6.07, 6.45) is 8.88. The second-order valence-electron chi connectivity index (χ2n) is 7.45. The number of carbonyl (C=O) groups is 1. The molecule has 23 heavy (non-hydrogen) atoms. The Hall–Kier alpha value is -1.36. The van der Waals surface area contributed by atoms with E-state index >= 15 is 0 Å². The molecule has 5 nitrogen and oxygen atoms in total. The van der Waals surface area contributed by atoms with Crippen LogP contribution in [0.3, 0.4) is 0 Å². The molecule has 0 spiro atoms. The predicted octanol–water partition coefficient (Wildman–Crippen LogP) is 2.85. The number of hydrogen-bond acceptors (Lipinski definition) is 3. The molecule has 2 fully saturated rings. The topological polar surface area (TPSA) is 50.2 Å². The second kappa shape index (κ2) is 7.47. The Morgan fingerprint density at radius 1 is 1.39 bits per heavy atom. The van der Waals surface area contributed by atoms with E-state index in [9.17, 15) is 4.79 Å². The van der Waals surface area contributed by atoms with Crippen molar-refractivity contribution in [1.82, 2.24) is 20.0 Å². The van der Waals surface area contributed by atoms with Gasteiger partial charge in [0.1, 0.15) is 5.69 Å². The van der Waals surface area contributed by atoms with E-state index in [-0.39, 0.29) is 5.91 Å². The van der Waals surface area contributed by atoms with Crippen LogP contribution in [0.15, 0.2) is 12.3 Å². The zero-order valence-corrected chi connectivity index (χ0v) is 14.5. The van der Waals surface area contributed by atoms with E-state index in [4.69, 9.17) is 0 Å². The van der Waals surface area contributed by atoms with Crippen LogP contribution >= 0.6 is 0 Å². The van der Waals surface area contributed by atoms with Gasteiger partial charge in [-0.05, 0) is 57.1 Å². The molecule has 0 aliphatic carbocycles. The average Bonchev–Trinajstić information content (AvgIpc) is 3.22. The number of aromatic nitrogens is 2. The van der Waals surface area contributed by atoms with Crippen molar-refractivity contribution in [3.05, 3.63) is 18.0 Å². The Kier molecular flexibility index (Phi) is 5.36. The molecule has 1 aromatic heterocycles. The molecule has 2 saturated heterocycles. The summed E-state index contributed by atoms with van der Waals surface area (Å²) in [7, 11) is 0. The number of amides is 1. The first-order chi connectivity index (χ1) is 11.1. The number of rotatable bonds is 5. The van der Waals surface area contributed by atoms with Crippen LogP contribution in [-0.4, -0.2) is 46.3 Å². The molecule has 0 saturated carbocycles. The molecule has 5 heteroatoms.